The number of carbonyl (C=O) groups excluding carboxylic acids is 1. The zero-order valence-electron chi connectivity index (χ0n) is 16.4. The van der Waals surface area contributed by atoms with E-state index >= 15 is 0 Å². The first kappa shape index (κ1) is 20.7. The molecule has 0 saturated carbocycles. The minimum absolute atomic E-state index is 0.0624. The molecule has 2 aromatic carbocycles. The van der Waals surface area contributed by atoms with Crippen LogP contribution in [0.2, 0.25) is 5.02 Å². The number of nitrogens with zero attached hydrogens (tertiary/aromatic N) is 2. The third kappa shape index (κ3) is 4.26. The summed E-state index contributed by atoms with van der Waals surface area (Å²) in [6.07, 6.45) is 0.0925. The summed E-state index contributed by atoms with van der Waals surface area (Å²) in [5.74, 6) is 1.19. The van der Waals surface area contributed by atoms with Crippen LogP contribution in [0.15, 0.2) is 47.5 Å². The van der Waals surface area contributed by atoms with Gasteiger partial charge in [0.1, 0.15) is 0 Å². The summed E-state index contributed by atoms with van der Waals surface area (Å²) in [6, 6.07) is 12.6. The molecule has 0 aromatic heterocycles. The molecule has 3 heterocycles. The number of carbonyl (C=O) groups is 1. The maximum absolute atomic E-state index is 12.7. The summed E-state index contributed by atoms with van der Waals surface area (Å²) in [5, 5.41) is 0.945. The molecule has 0 unspecified atom stereocenters. The number of halogens is 1. The van der Waals surface area contributed by atoms with Gasteiger partial charge in [-0.3, -0.25) is 4.79 Å². The molecule has 0 spiro atoms. The number of sulfone groups is 1. The minimum atomic E-state index is -3.11. The molecule has 3 aliphatic rings. The quantitative estimate of drug-likeness (QED) is 0.667. The number of benzene rings is 2. The lowest BCUT2D eigenvalue weighted by molar-refractivity contribution is -0.117. The Bertz CT molecular complexity index is 1180. The highest BCUT2D eigenvalue weighted by molar-refractivity contribution is 8.15. The lowest BCUT2D eigenvalue weighted by Crippen LogP contribution is -2.37. The largest absolute Gasteiger partial charge is 0.454 e. The lowest BCUT2D eigenvalue weighted by Gasteiger charge is -2.24. The Balaban J connectivity index is 1.41. The van der Waals surface area contributed by atoms with Gasteiger partial charge in [-0.05, 0) is 29.3 Å². The second kappa shape index (κ2) is 8.03. The number of ether oxygens (including phenoxy) is 2. The molecular formula is C21H19ClN2O5S2. The molecule has 31 heavy (non-hydrogen) atoms. The molecule has 2 fully saturated rings. The van der Waals surface area contributed by atoms with E-state index in [1.807, 2.05) is 35.2 Å². The SMILES string of the molecule is O=C(Cc1ccccc1Cl)N=C1S[C@@H]2CS(=O)(=O)C[C@@H]2N1Cc1ccc2c(c1)OCO2. The first-order chi connectivity index (χ1) is 14.9. The topological polar surface area (TPSA) is 85.3 Å². The third-order valence-corrected chi connectivity index (χ3v) is 9.10. The number of amides is 1. The van der Waals surface area contributed by atoms with Gasteiger partial charge in [-0.25, -0.2) is 8.42 Å². The van der Waals surface area contributed by atoms with Crippen molar-refractivity contribution in [1.29, 1.82) is 0 Å². The second-order valence-corrected chi connectivity index (χ2v) is 11.4. The van der Waals surface area contributed by atoms with Crippen LogP contribution < -0.4 is 9.47 Å². The predicted molar refractivity (Wildman–Crippen MR) is 120 cm³/mol. The van der Waals surface area contributed by atoms with Gasteiger partial charge in [0.05, 0.1) is 24.0 Å². The predicted octanol–water partition coefficient (Wildman–Crippen LogP) is 2.91. The van der Waals surface area contributed by atoms with Crippen molar-refractivity contribution in [2.24, 2.45) is 4.99 Å². The number of fused-ring (bicyclic) bond motifs is 2. The summed E-state index contributed by atoms with van der Waals surface area (Å²) in [5.41, 5.74) is 1.65. The zero-order chi connectivity index (χ0) is 21.6. The van der Waals surface area contributed by atoms with E-state index in [1.165, 1.54) is 11.8 Å². The Labute approximate surface area is 189 Å². The fourth-order valence-corrected chi connectivity index (χ4v) is 8.18. The second-order valence-electron chi connectivity index (χ2n) is 7.67. The van der Waals surface area contributed by atoms with Crippen LogP contribution in [-0.4, -0.2) is 54.0 Å². The highest BCUT2D eigenvalue weighted by Crippen LogP contribution is 2.40. The Morgan fingerprint density at radius 3 is 2.81 bits per heavy atom. The molecule has 5 rings (SSSR count). The van der Waals surface area contributed by atoms with Crippen LogP contribution in [-0.2, 0) is 27.6 Å². The summed E-state index contributed by atoms with van der Waals surface area (Å²) < 4.78 is 35.2. The molecule has 0 radical (unpaired) electrons. The lowest BCUT2D eigenvalue weighted by atomic mass is 10.1. The van der Waals surface area contributed by atoms with Crippen LogP contribution in [0.3, 0.4) is 0 Å². The van der Waals surface area contributed by atoms with Crippen LogP contribution in [0.4, 0.5) is 0 Å². The molecule has 0 aliphatic carbocycles. The van der Waals surface area contributed by atoms with Crippen LogP contribution in [0.1, 0.15) is 11.1 Å². The van der Waals surface area contributed by atoms with Gasteiger partial charge in [0.15, 0.2) is 26.5 Å². The van der Waals surface area contributed by atoms with Gasteiger partial charge in [0, 0.05) is 16.8 Å². The molecule has 10 heteroatoms. The Morgan fingerprint density at radius 1 is 1.16 bits per heavy atom. The van der Waals surface area contributed by atoms with E-state index in [9.17, 15) is 13.2 Å². The van der Waals surface area contributed by atoms with Crippen molar-refractivity contribution in [3.63, 3.8) is 0 Å². The van der Waals surface area contributed by atoms with Crippen LogP contribution >= 0.6 is 23.4 Å². The van der Waals surface area contributed by atoms with Gasteiger partial charge in [-0.15, -0.1) is 0 Å². The van der Waals surface area contributed by atoms with E-state index in [0.717, 1.165) is 5.56 Å². The fourth-order valence-electron chi connectivity index (χ4n) is 4.01. The summed E-state index contributed by atoms with van der Waals surface area (Å²) in [7, 11) is -3.11. The minimum Gasteiger partial charge on any atom is -0.454 e. The van der Waals surface area contributed by atoms with Crippen molar-refractivity contribution < 1.29 is 22.7 Å². The van der Waals surface area contributed by atoms with Crippen molar-refractivity contribution in [1.82, 2.24) is 4.90 Å². The van der Waals surface area contributed by atoms with E-state index in [1.54, 1.807) is 12.1 Å². The molecule has 0 N–H and O–H groups in total. The van der Waals surface area contributed by atoms with Crippen molar-refractivity contribution in [2.75, 3.05) is 18.3 Å². The highest BCUT2D eigenvalue weighted by atomic mass is 35.5. The van der Waals surface area contributed by atoms with Gasteiger partial charge in [-0.2, -0.15) is 4.99 Å². The van der Waals surface area contributed by atoms with Crippen LogP contribution in [0.5, 0.6) is 11.5 Å². The number of amidine groups is 1. The highest BCUT2D eigenvalue weighted by Gasteiger charge is 2.48. The summed E-state index contributed by atoms with van der Waals surface area (Å²) >= 11 is 7.54. The third-order valence-electron chi connectivity index (χ3n) is 5.48. The Hall–Kier alpha value is -2.23. The average Bonchev–Trinajstić information content (AvgIpc) is 3.37. The zero-order valence-corrected chi connectivity index (χ0v) is 18.8. The average molecular weight is 479 g/mol. The molecule has 0 bridgehead atoms. The normalized spacial score (nSPS) is 24.5. The van der Waals surface area contributed by atoms with Crippen LogP contribution in [0.25, 0.3) is 0 Å². The maximum Gasteiger partial charge on any atom is 0.252 e. The monoisotopic (exact) mass is 478 g/mol. The van der Waals surface area contributed by atoms with E-state index in [0.29, 0.717) is 33.8 Å². The van der Waals surface area contributed by atoms with Crippen molar-refractivity contribution in [2.45, 2.75) is 24.3 Å². The first-order valence-electron chi connectivity index (χ1n) is 9.75. The first-order valence-corrected chi connectivity index (χ1v) is 12.8. The fraction of sp³-hybridized carbons (Fsp3) is 0.333. The number of rotatable bonds is 4. The van der Waals surface area contributed by atoms with Gasteiger partial charge in [0.25, 0.3) is 5.91 Å². The standard InChI is InChI=1S/C21H19ClN2O5S2/c22-15-4-2-1-3-14(15)8-20(25)23-21-24(16-10-31(26,27)11-19(16)30-21)9-13-5-6-17-18(7-13)29-12-28-17/h1-7,16,19H,8-12H2/t16-,19+/m0/s1. The van der Waals surface area contributed by atoms with Crippen LogP contribution in [0, 0.1) is 0 Å². The number of aliphatic imine (C=N–C) groups is 1. The van der Waals surface area contributed by atoms with Gasteiger partial charge in [-0.1, -0.05) is 47.6 Å². The molecule has 3 aliphatic heterocycles. The van der Waals surface area contributed by atoms with Crippen molar-refractivity contribution in [3.05, 3.63) is 58.6 Å². The summed E-state index contributed by atoms with van der Waals surface area (Å²) in [4.78, 5) is 19.0. The Kier molecular flexibility index (Phi) is 5.35. The maximum atomic E-state index is 12.7. The molecule has 2 aromatic rings. The number of hydrogen-bond acceptors (Lipinski definition) is 6. The van der Waals surface area contributed by atoms with Gasteiger partial charge < -0.3 is 14.4 Å². The Morgan fingerprint density at radius 2 is 1.97 bits per heavy atom. The van der Waals surface area contributed by atoms with Gasteiger partial charge >= 0.3 is 0 Å². The molecule has 2 saturated heterocycles. The number of thioether (sulfide) groups is 1. The molecule has 7 nitrogen and oxygen atoms in total. The van der Waals surface area contributed by atoms with Gasteiger partial charge in [0.2, 0.25) is 6.79 Å². The van der Waals surface area contributed by atoms with E-state index in [4.69, 9.17) is 21.1 Å². The molecule has 2 atom stereocenters. The smallest absolute Gasteiger partial charge is 0.252 e. The molecule has 1 amide bonds. The van der Waals surface area contributed by atoms with E-state index in [2.05, 4.69) is 4.99 Å². The van der Waals surface area contributed by atoms with E-state index in [-0.39, 0.29) is 41.9 Å². The summed E-state index contributed by atoms with van der Waals surface area (Å²) in [6.45, 7) is 0.614. The molecular weight excluding hydrogens is 460 g/mol. The van der Waals surface area contributed by atoms with Crippen molar-refractivity contribution in [3.8, 4) is 11.5 Å². The van der Waals surface area contributed by atoms with E-state index < -0.39 is 9.84 Å². The van der Waals surface area contributed by atoms with Crippen molar-refractivity contribution >= 4 is 44.3 Å². The molecule has 162 valence electrons. The number of hydrogen-bond donors (Lipinski definition) is 0.